The van der Waals surface area contributed by atoms with Crippen LogP contribution in [0.25, 0.3) is 0 Å². The maximum absolute atomic E-state index is 12.8. The summed E-state index contributed by atoms with van der Waals surface area (Å²) in [6, 6.07) is 7.62. The summed E-state index contributed by atoms with van der Waals surface area (Å²) in [5.41, 5.74) is 0.468. The number of likely N-dealkylation sites (N-methyl/N-ethyl adjacent to an activating group) is 1. The molecular formula is C14H16N2O3S. The summed E-state index contributed by atoms with van der Waals surface area (Å²) in [7, 11) is -1.70. The molecule has 3 rings (SSSR count). The number of hydrogen-bond donors (Lipinski definition) is 1. The number of hydrogen-bond acceptors (Lipinski definition) is 4. The first-order chi connectivity index (χ1) is 9.43. The summed E-state index contributed by atoms with van der Waals surface area (Å²) in [6.07, 6.45) is 0.309. The van der Waals surface area contributed by atoms with E-state index in [1.807, 2.05) is 4.90 Å². The van der Waals surface area contributed by atoms with Crippen LogP contribution in [0.2, 0.25) is 0 Å². The number of sulfone groups is 1. The number of rotatable bonds is 2. The van der Waals surface area contributed by atoms with E-state index in [-0.39, 0.29) is 11.9 Å². The third-order valence-electron chi connectivity index (χ3n) is 4.15. The summed E-state index contributed by atoms with van der Waals surface area (Å²) in [4.78, 5) is 14.0. The standard InChI is InChI=1S/C14H16N2O3S/c1-9-13-12(8-11(16(13)2)14(17)15-9)20(18,19)10-6-4-3-5-7-10/h3-7,11-13H,1,8H2,2H3,(H,15,17)/t11-,12+,13-/m0/s1. The molecule has 2 bridgehead atoms. The van der Waals surface area contributed by atoms with E-state index >= 15 is 0 Å². The Morgan fingerprint density at radius 1 is 1.30 bits per heavy atom. The van der Waals surface area contributed by atoms with Crippen LogP contribution in [0.3, 0.4) is 0 Å². The van der Waals surface area contributed by atoms with Gasteiger partial charge in [0.05, 0.1) is 22.2 Å². The van der Waals surface area contributed by atoms with Gasteiger partial charge in [-0.15, -0.1) is 0 Å². The molecule has 2 aliphatic heterocycles. The number of carbonyl (C=O) groups excluding carboxylic acids is 1. The highest BCUT2D eigenvalue weighted by atomic mass is 32.2. The minimum Gasteiger partial charge on any atom is -0.327 e. The fraction of sp³-hybridized carbons (Fsp3) is 0.357. The van der Waals surface area contributed by atoms with Crippen molar-refractivity contribution in [2.75, 3.05) is 7.05 Å². The van der Waals surface area contributed by atoms with Crippen molar-refractivity contribution < 1.29 is 13.2 Å². The van der Waals surface area contributed by atoms with Crippen LogP contribution in [0.15, 0.2) is 47.5 Å². The average molecular weight is 292 g/mol. The van der Waals surface area contributed by atoms with Crippen molar-refractivity contribution in [3.63, 3.8) is 0 Å². The van der Waals surface area contributed by atoms with E-state index in [2.05, 4.69) is 11.9 Å². The Kier molecular flexibility index (Phi) is 2.95. The molecule has 0 radical (unpaired) electrons. The molecule has 1 aromatic rings. The van der Waals surface area contributed by atoms with Gasteiger partial charge in [0, 0.05) is 5.70 Å². The van der Waals surface area contributed by atoms with Crippen LogP contribution in [-0.4, -0.2) is 43.6 Å². The Balaban J connectivity index is 2.04. The van der Waals surface area contributed by atoms with Gasteiger partial charge in [0.25, 0.3) is 0 Å². The Bertz CT molecular complexity index is 669. The second kappa shape index (κ2) is 4.43. The molecule has 0 saturated carbocycles. The summed E-state index contributed by atoms with van der Waals surface area (Å²) < 4.78 is 25.5. The van der Waals surface area contributed by atoms with Crippen molar-refractivity contribution in [3.05, 3.63) is 42.6 Å². The fourth-order valence-corrected chi connectivity index (χ4v) is 5.15. The largest absolute Gasteiger partial charge is 0.327 e. The maximum atomic E-state index is 12.8. The molecule has 1 amide bonds. The third-order valence-corrected chi connectivity index (χ3v) is 6.33. The first-order valence-corrected chi connectivity index (χ1v) is 7.98. The number of carbonyl (C=O) groups is 1. The van der Waals surface area contributed by atoms with Crippen molar-refractivity contribution in [3.8, 4) is 0 Å². The quantitative estimate of drug-likeness (QED) is 0.864. The Labute approximate surface area is 118 Å². The first-order valence-electron chi connectivity index (χ1n) is 6.43. The van der Waals surface area contributed by atoms with Crippen molar-refractivity contribution in [1.82, 2.24) is 10.2 Å². The number of nitrogens with one attached hydrogen (secondary N) is 1. The first kappa shape index (κ1) is 13.3. The van der Waals surface area contributed by atoms with E-state index in [1.54, 1.807) is 37.4 Å². The van der Waals surface area contributed by atoms with Gasteiger partial charge in [0.15, 0.2) is 9.84 Å². The SMILES string of the molecule is C=C1NC(=O)[C@@H]2C[C@@H](S(=O)(=O)c3ccccc3)[C@H]1N2C. The number of nitrogens with zero attached hydrogens (tertiary/aromatic N) is 1. The molecule has 2 aliphatic rings. The molecule has 20 heavy (non-hydrogen) atoms. The van der Waals surface area contributed by atoms with Gasteiger partial charge in [-0.2, -0.15) is 0 Å². The molecular weight excluding hydrogens is 276 g/mol. The minimum absolute atomic E-state index is 0.167. The molecule has 2 fully saturated rings. The molecule has 2 heterocycles. The van der Waals surface area contributed by atoms with Gasteiger partial charge in [-0.3, -0.25) is 9.69 Å². The topological polar surface area (TPSA) is 66.5 Å². The predicted molar refractivity (Wildman–Crippen MR) is 74.7 cm³/mol. The average Bonchev–Trinajstić information content (AvgIpc) is 2.70. The fourth-order valence-electron chi connectivity index (χ4n) is 3.13. The van der Waals surface area contributed by atoms with Crippen molar-refractivity contribution >= 4 is 15.7 Å². The molecule has 6 heteroatoms. The van der Waals surface area contributed by atoms with Crippen molar-refractivity contribution in [2.45, 2.75) is 28.6 Å². The van der Waals surface area contributed by atoms with Crippen molar-refractivity contribution in [2.24, 2.45) is 0 Å². The molecule has 0 spiro atoms. The zero-order valence-electron chi connectivity index (χ0n) is 11.1. The Morgan fingerprint density at radius 2 is 1.95 bits per heavy atom. The van der Waals surface area contributed by atoms with E-state index < -0.39 is 21.1 Å². The highest BCUT2D eigenvalue weighted by Gasteiger charge is 2.53. The zero-order chi connectivity index (χ0) is 14.5. The van der Waals surface area contributed by atoms with E-state index in [0.717, 1.165) is 0 Å². The van der Waals surface area contributed by atoms with Gasteiger partial charge in [-0.1, -0.05) is 24.8 Å². The maximum Gasteiger partial charge on any atom is 0.241 e. The smallest absolute Gasteiger partial charge is 0.241 e. The lowest BCUT2D eigenvalue weighted by Gasteiger charge is -2.33. The Hall–Kier alpha value is -1.66. The van der Waals surface area contributed by atoms with Gasteiger partial charge in [-0.25, -0.2) is 8.42 Å². The van der Waals surface area contributed by atoms with Gasteiger partial charge < -0.3 is 5.32 Å². The number of piperazine rings is 1. The molecule has 0 aromatic heterocycles. The van der Waals surface area contributed by atoms with Crippen LogP contribution in [0, 0.1) is 0 Å². The summed E-state index contributed by atoms with van der Waals surface area (Å²) in [6.45, 7) is 3.81. The second-order valence-corrected chi connectivity index (χ2v) is 7.44. The van der Waals surface area contributed by atoms with Gasteiger partial charge in [0.2, 0.25) is 5.91 Å². The summed E-state index contributed by atoms with van der Waals surface area (Å²) >= 11 is 0. The number of benzene rings is 1. The highest BCUT2D eigenvalue weighted by Crippen LogP contribution is 2.37. The molecule has 1 aromatic carbocycles. The van der Waals surface area contributed by atoms with Crippen LogP contribution < -0.4 is 5.32 Å². The van der Waals surface area contributed by atoms with Crippen LogP contribution in [0.1, 0.15) is 6.42 Å². The minimum atomic E-state index is -3.48. The van der Waals surface area contributed by atoms with Crippen LogP contribution >= 0.6 is 0 Å². The molecule has 0 aliphatic carbocycles. The predicted octanol–water partition coefficient (Wildman–Crippen LogP) is 0.545. The Morgan fingerprint density at radius 3 is 2.60 bits per heavy atom. The molecule has 0 unspecified atom stereocenters. The molecule has 1 N–H and O–H groups in total. The number of fused-ring (bicyclic) bond motifs is 2. The van der Waals surface area contributed by atoms with Gasteiger partial charge in [0.1, 0.15) is 0 Å². The monoisotopic (exact) mass is 292 g/mol. The molecule has 3 atom stereocenters. The second-order valence-electron chi connectivity index (χ2n) is 5.27. The molecule has 5 nitrogen and oxygen atoms in total. The van der Waals surface area contributed by atoms with Gasteiger partial charge in [-0.05, 0) is 25.6 Å². The zero-order valence-corrected chi connectivity index (χ0v) is 11.9. The molecule has 106 valence electrons. The van der Waals surface area contributed by atoms with Crippen molar-refractivity contribution in [1.29, 1.82) is 0 Å². The lowest BCUT2D eigenvalue weighted by Crippen LogP contribution is -2.53. The summed E-state index contributed by atoms with van der Waals surface area (Å²) in [5.74, 6) is -0.167. The lowest BCUT2D eigenvalue weighted by molar-refractivity contribution is -0.126. The van der Waals surface area contributed by atoms with E-state index in [1.165, 1.54) is 0 Å². The van der Waals surface area contributed by atoms with Crippen LogP contribution in [-0.2, 0) is 14.6 Å². The third kappa shape index (κ3) is 1.79. The van der Waals surface area contributed by atoms with Crippen LogP contribution in [0.4, 0.5) is 0 Å². The summed E-state index contributed by atoms with van der Waals surface area (Å²) in [5, 5.41) is 2.05. The van der Waals surface area contributed by atoms with Crippen LogP contribution in [0.5, 0.6) is 0 Å². The highest BCUT2D eigenvalue weighted by molar-refractivity contribution is 7.92. The van der Waals surface area contributed by atoms with E-state index in [9.17, 15) is 13.2 Å². The molecule has 2 saturated heterocycles. The lowest BCUT2D eigenvalue weighted by atomic mass is 10.2. The number of amides is 1. The van der Waals surface area contributed by atoms with E-state index in [4.69, 9.17) is 0 Å². The van der Waals surface area contributed by atoms with Gasteiger partial charge >= 0.3 is 0 Å². The normalized spacial score (nSPS) is 30.4. The van der Waals surface area contributed by atoms with E-state index in [0.29, 0.717) is 17.0 Å².